The fourth-order valence-electron chi connectivity index (χ4n) is 3.41. The zero-order valence-electron chi connectivity index (χ0n) is 17.6. The number of benzene rings is 1. The average Bonchev–Trinajstić information content (AvgIpc) is 2.69. The molecule has 0 aliphatic carbocycles. The molecule has 1 aromatic heterocycles. The van der Waals surface area contributed by atoms with Crippen molar-refractivity contribution in [2.24, 2.45) is 0 Å². The number of anilines is 3. The second kappa shape index (κ2) is 9.07. The summed E-state index contributed by atoms with van der Waals surface area (Å²) in [6.07, 6.45) is 3.00. The largest absolute Gasteiger partial charge is 0.450 e. The predicted octanol–water partition coefficient (Wildman–Crippen LogP) is 3.95. The van der Waals surface area contributed by atoms with E-state index in [1.807, 2.05) is 25.1 Å². The normalized spacial score (nSPS) is 15.1. The first kappa shape index (κ1) is 20.8. The maximum Gasteiger partial charge on any atom is 0.409 e. The summed E-state index contributed by atoms with van der Waals surface area (Å²) in [4.78, 5) is 18.1. The molecule has 0 unspecified atom stereocenters. The molecule has 1 aliphatic heterocycles. The molecule has 156 valence electrons. The van der Waals surface area contributed by atoms with Crippen molar-refractivity contribution in [2.75, 3.05) is 30.3 Å². The standard InChI is InChI=1S/C21H30N6O2/c1-5-29-20(28)27-12-10-15(11-13-27)23-19-25-18(14-22-26-19)24-17-9-7-6-8-16(17)21(2,3)4/h6-9,14-15H,5,10-13H2,1-4H3,(H2,23,24,25,26). The lowest BCUT2D eigenvalue weighted by Crippen LogP contribution is -2.42. The van der Waals surface area contributed by atoms with Gasteiger partial charge in [-0.1, -0.05) is 39.0 Å². The molecule has 1 fully saturated rings. The van der Waals surface area contributed by atoms with E-state index in [4.69, 9.17) is 4.74 Å². The summed E-state index contributed by atoms with van der Waals surface area (Å²) in [5.41, 5.74) is 2.23. The van der Waals surface area contributed by atoms with Gasteiger partial charge in [0.15, 0.2) is 5.82 Å². The zero-order chi connectivity index (χ0) is 20.9. The Morgan fingerprint density at radius 3 is 2.66 bits per heavy atom. The molecule has 0 spiro atoms. The highest BCUT2D eigenvalue weighted by Crippen LogP contribution is 2.30. The monoisotopic (exact) mass is 398 g/mol. The molecule has 3 rings (SSSR count). The Morgan fingerprint density at radius 1 is 1.24 bits per heavy atom. The highest BCUT2D eigenvalue weighted by atomic mass is 16.6. The van der Waals surface area contributed by atoms with E-state index in [-0.39, 0.29) is 17.6 Å². The van der Waals surface area contributed by atoms with Gasteiger partial charge >= 0.3 is 6.09 Å². The predicted molar refractivity (Wildman–Crippen MR) is 113 cm³/mol. The summed E-state index contributed by atoms with van der Waals surface area (Å²) in [6, 6.07) is 8.40. The third-order valence-electron chi connectivity index (χ3n) is 4.91. The minimum absolute atomic E-state index is 0.0119. The molecule has 0 atom stereocenters. The van der Waals surface area contributed by atoms with E-state index in [9.17, 15) is 4.79 Å². The van der Waals surface area contributed by atoms with Gasteiger partial charge in [0.1, 0.15) is 0 Å². The zero-order valence-corrected chi connectivity index (χ0v) is 17.6. The lowest BCUT2D eigenvalue weighted by atomic mass is 9.86. The quantitative estimate of drug-likeness (QED) is 0.788. The first-order chi connectivity index (χ1) is 13.9. The van der Waals surface area contributed by atoms with Gasteiger partial charge in [0, 0.05) is 24.8 Å². The average molecular weight is 399 g/mol. The fourth-order valence-corrected chi connectivity index (χ4v) is 3.41. The lowest BCUT2D eigenvalue weighted by Gasteiger charge is -2.31. The number of rotatable bonds is 5. The van der Waals surface area contributed by atoms with Crippen LogP contribution in [0.25, 0.3) is 0 Å². The molecule has 1 amide bonds. The van der Waals surface area contributed by atoms with Gasteiger partial charge in [-0.2, -0.15) is 10.1 Å². The molecule has 8 nitrogen and oxygen atoms in total. The van der Waals surface area contributed by atoms with Crippen molar-refractivity contribution < 1.29 is 9.53 Å². The van der Waals surface area contributed by atoms with Crippen molar-refractivity contribution in [1.82, 2.24) is 20.1 Å². The van der Waals surface area contributed by atoms with Gasteiger partial charge in [-0.3, -0.25) is 0 Å². The van der Waals surface area contributed by atoms with E-state index in [2.05, 4.69) is 52.7 Å². The minimum Gasteiger partial charge on any atom is -0.450 e. The Balaban J connectivity index is 1.62. The number of aromatic nitrogens is 3. The highest BCUT2D eigenvalue weighted by molar-refractivity contribution is 5.67. The molecule has 2 aromatic rings. The van der Waals surface area contributed by atoms with Gasteiger partial charge in [0.25, 0.3) is 0 Å². The van der Waals surface area contributed by atoms with Crippen LogP contribution in [0.3, 0.4) is 0 Å². The van der Waals surface area contributed by atoms with Crippen LogP contribution in [0.5, 0.6) is 0 Å². The third kappa shape index (κ3) is 5.56. The maximum absolute atomic E-state index is 11.8. The number of amides is 1. The molecule has 2 heterocycles. The van der Waals surface area contributed by atoms with Crippen molar-refractivity contribution in [3.63, 3.8) is 0 Å². The molecule has 1 aliphatic rings. The first-order valence-corrected chi connectivity index (χ1v) is 10.1. The highest BCUT2D eigenvalue weighted by Gasteiger charge is 2.24. The van der Waals surface area contributed by atoms with Crippen LogP contribution in [0.2, 0.25) is 0 Å². The van der Waals surface area contributed by atoms with Crippen LogP contribution in [-0.4, -0.2) is 51.9 Å². The lowest BCUT2D eigenvalue weighted by molar-refractivity contribution is 0.0983. The van der Waals surface area contributed by atoms with Crippen molar-refractivity contribution in [3.8, 4) is 0 Å². The Labute approximate surface area is 172 Å². The number of piperidine rings is 1. The van der Waals surface area contributed by atoms with Crippen LogP contribution in [0, 0.1) is 0 Å². The number of nitrogens with one attached hydrogen (secondary N) is 2. The number of hydrogen-bond donors (Lipinski definition) is 2. The second-order valence-corrected chi connectivity index (χ2v) is 8.19. The van der Waals surface area contributed by atoms with Crippen LogP contribution in [-0.2, 0) is 10.2 Å². The van der Waals surface area contributed by atoms with E-state index < -0.39 is 0 Å². The molecule has 1 aromatic carbocycles. The number of hydrogen-bond acceptors (Lipinski definition) is 7. The van der Waals surface area contributed by atoms with Crippen LogP contribution in [0.15, 0.2) is 30.5 Å². The summed E-state index contributed by atoms with van der Waals surface area (Å²) in [5.74, 6) is 1.13. The Kier molecular flexibility index (Phi) is 6.51. The van der Waals surface area contributed by atoms with Crippen LogP contribution >= 0.6 is 0 Å². The van der Waals surface area contributed by atoms with Gasteiger partial charge in [0.2, 0.25) is 5.95 Å². The van der Waals surface area contributed by atoms with Gasteiger partial charge < -0.3 is 20.3 Å². The molecule has 0 saturated carbocycles. The molecule has 1 saturated heterocycles. The number of nitrogens with zero attached hydrogens (tertiary/aromatic N) is 4. The minimum atomic E-state index is -0.243. The van der Waals surface area contributed by atoms with Crippen LogP contribution < -0.4 is 10.6 Å². The number of ether oxygens (including phenoxy) is 1. The molecule has 29 heavy (non-hydrogen) atoms. The molecule has 2 N–H and O–H groups in total. The topological polar surface area (TPSA) is 92.3 Å². The van der Waals surface area contributed by atoms with E-state index in [1.165, 1.54) is 5.56 Å². The molecular weight excluding hydrogens is 368 g/mol. The van der Waals surface area contributed by atoms with Crippen molar-refractivity contribution >= 4 is 23.5 Å². The van der Waals surface area contributed by atoms with Gasteiger partial charge in [0.05, 0.1) is 12.8 Å². The summed E-state index contributed by atoms with van der Waals surface area (Å²) < 4.78 is 5.06. The second-order valence-electron chi connectivity index (χ2n) is 8.19. The Hall–Kier alpha value is -2.90. The summed E-state index contributed by atoms with van der Waals surface area (Å²) >= 11 is 0. The first-order valence-electron chi connectivity index (χ1n) is 10.1. The molecule has 0 radical (unpaired) electrons. The SMILES string of the molecule is CCOC(=O)N1CCC(Nc2nncc(Nc3ccccc3C(C)(C)C)n2)CC1. The van der Waals surface area contributed by atoms with Crippen LogP contribution in [0.1, 0.15) is 46.1 Å². The van der Waals surface area contributed by atoms with E-state index in [1.54, 1.807) is 11.1 Å². The maximum atomic E-state index is 11.8. The number of carbonyl (C=O) groups excluding carboxylic acids is 1. The van der Waals surface area contributed by atoms with Crippen molar-refractivity contribution in [2.45, 2.75) is 52.0 Å². The summed E-state index contributed by atoms with van der Waals surface area (Å²) in [6.45, 7) is 10.1. The van der Waals surface area contributed by atoms with E-state index >= 15 is 0 Å². The van der Waals surface area contributed by atoms with E-state index in [0.717, 1.165) is 18.5 Å². The van der Waals surface area contributed by atoms with Crippen molar-refractivity contribution in [3.05, 3.63) is 36.0 Å². The molecular formula is C21H30N6O2. The smallest absolute Gasteiger partial charge is 0.409 e. The van der Waals surface area contributed by atoms with Gasteiger partial charge in [-0.15, -0.1) is 5.10 Å². The fraction of sp³-hybridized carbons (Fsp3) is 0.524. The van der Waals surface area contributed by atoms with Crippen LogP contribution in [0.4, 0.5) is 22.2 Å². The van der Waals surface area contributed by atoms with Gasteiger partial charge in [-0.25, -0.2) is 4.79 Å². The van der Waals surface area contributed by atoms with E-state index in [0.29, 0.717) is 31.5 Å². The molecule has 8 heteroatoms. The Bertz CT molecular complexity index is 828. The summed E-state index contributed by atoms with van der Waals surface area (Å²) in [5, 5.41) is 14.9. The Morgan fingerprint density at radius 2 is 1.97 bits per heavy atom. The third-order valence-corrected chi connectivity index (χ3v) is 4.91. The number of carbonyl (C=O) groups is 1. The number of para-hydroxylation sites is 1. The molecule has 0 bridgehead atoms. The van der Waals surface area contributed by atoms with Crippen molar-refractivity contribution in [1.29, 1.82) is 0 Å². The summed E-state index contributed by atoms with van der Waals surface area (Å²) in [7, 11) is 0. The number of likely N-dealkylation sites (tertiary alicyclic amines) is 1. The van der Waals surface area contributed by atoms with Gasteiger partial charge in [-0.05, 0) is 36.8 Å².